The zero-order chi connectivity index (χ0) is 17.8. The molecule has 130 valence electrons. The van der Waals surface area contributed by atoms with Gasteiger partial charge < -0.3 is 10.2 Å². The summed E-state index contributed by atoms with van der Waals surface area (Å²) in [6.07, 6.45) is 1.12. The number of carbonyl (C=O) groups is 2. The van der Waals surface area contributed by atoms with Gasteiger partial charge in [-0.05, 0) is 35.2 Å². The largest absolute Gasteiger partial charge is 0.350 e. The predicted octanol–water partition coefficient (Wildman–Crippen LogP) is 2.98. The van der Waals surface area contributed by atoms with E-state index in [-0.39, 0.29) is 17.6 Å². The first-order chi connectivity index (χ1) is 12.1. The Kier molecular flexibility index (Phi) is 5.12. The molecule has 25 heavy (non-hydrogen) atoms. The third kappa shape index (κ3) is 3.71. The standard InChI is InChI=1S/C20H21FN2O2/c1-2-11-23-18(24)12-15-5-3-4-6-17(15)19(23)20(25)22-13-14-7-9-16(21)10-8-14/h3-10,19H,2,11-13H2,1H3,(H,22,25)/t19-/m1/s1. The number of carbonyl (C=O) groups excluding carboxylic acids is 2. The molecule has 2 aromatic carbocycles. The van der Waals surface area contributed by atoms with Gasteiger partial charge in [-0.3, -0.25) is 9.59 Å². The normalized spacial score (nSPS) is 16.5. The van der Waals surface area contributed by atoms with Crippen LogP contribution in [0, 0.1) is 5.82 Å². The van der Waals surface area contributed by atoms with E-state index in [1.165, 1.54) is 12.1 Å². The number of hydrogen-bond donors (Lipinski definition) is 1. The molecule has 2 aromatic rings. The van der Waals surface area contributed by atoms with Crippen LogP contribution in [0.4, 0.5) is 4.39 Å². The highest BCUT2D eigenvalue weighted by Gasteiger charge is 2.36. The fraction of sp³-hybridized carbons (Fsp3) is 0.300. The second-order valence-corrected chi connectivity index (χ2v) is 6.21. The molecule has 5 heteroatoms. The van der Waals surface area contributed by atoms with E-state index < -0.39 is 6.04 Å². The number of amides is 2. The molecule has 4 nitrogen and oxygen atoms in total. The molecule has 0 bridgehead atoms. The Morgan fingerprint density at radius 2 is 1.92 bits per heavy atom. The first kappa shape index (κ1) is 17.1. The van der Waals surface area contributed by atoms with E-state index in [0.717, 1.165) is 23.1 Å². The Morgan fingerprint density at radius 1 is 1.20 bits per heavy atom. The van der Waals surface area contributed by atoms with E-state index in [0.29, 0.717) is 19.5 Å². The molecule has 2 amide bonds. The number of rotatable bonds is 5. The van der Waals surface area contributed by atoms with Crippen LogP contribution in [0.15, 0.2) is 48.5 Å². The van der Waals surface area contributed by atoms with Gasteiger partial charge in [0.05, 0.1) is 6.42 Å². The van der Waals surface area contributed by atoms with E-state index in [1.807, 2.05) is 31.2 Å². The van der Waals surface area contributed by atoms with Crippen LogP contribution >= 0.6 is 0 Å². The molecule has 0 aromatic heterocycles. The van der Waals surface area contributed by atoms with Crippen LogP contribution in [0.25, 0.3) is 0 Å². The monoisotopic (exact) mass is 340 g/mol. The fourth-order valence-corrected chi connectivity index (χ4v) is 3.20. The second-order valence-electron chi connectivity index (χ2n) is 6.21. The van der Waals surface area contributed by atoms with Gasteiger partial charge in [0.2, 0.25) is 11.8 Å². The quantitative estimate of drug-likeness (QED) is 0.910. The smallest absolute Gasteiger partial charge is 0.247 e. The zero-order valence-corrected chi connectivity index (χ0v) is 14.2. The van der Waals surface area contributed by atoms with Crippen molar-refractivity contribution in [3.8, 4) is 0 Å². The molecule has 0 radical (unpaired) electrons. The maximum absolute atomic E-state index is 13.0. The van der Waals surface area contributed by atoms with Crippen molar-refractivity contribution in [2.45, 2.75) is 32.4 Å². The Balaban J connectivity index is 1.82. The van der Waals surface area contributed by atoms with E-state index in [4.69, 9.17) is 0 Å². The first-order valence-electron chi connectivity index (χ1n) is 8.49. The summed E-state index contributed by atoms with van der Waals surface area (Å²) in [5.74, 6) is -0.545. The molecular formula is C20H21FN2O2. The topological polar surface area (TPSA) is 49.4 Å². The summed E-state index contributed by atoms with van der Waals surface area (Å²) < 4.78 is 13.0. The lowest BCUT2D eigenvalue weighted by Gasteiger charge is -2.36. The molecule has 1 atom stereocenters. The number of halogens is 1. The van der Waals surface area contributed by atoms with Crippen LogP contribution in [0.3, 0.4) is 0 Å². The molecule has 1 N–H and O–H groups in total. The zero-order valence-electron chi connectivity index (χ0n) is 14.2. The van der Waals surface area contributed by atoms with Gasteiger partial charge in [-0.15, -0.1) is 0 Å². The van der Waals surface area contributed by atoms with Crippen molar-refractivity contribution in [2.75, 3.05) is 6.54 Å². The van der Waals surface area contributed by atoms with E-state index in [2.05, 4.69) is 5.32 Å². The van der Waals surface area contributed by atoms with Crippen molar-refractivity contribution in [1.29, 1.82) is 0 Å². The summed E-state index contributed by atoms with van der Waals surface area (Å²) in [6.45, 7) is 2.83. The van der Waals surface area contributed by atoms with E-state index in [9.17, 15) is 14.0 Å². The molecule has 0 fully saturated rings. The minimum Gasteiger partial charge on any atom is -0.350 e. The van der Waals surface area contributed by atoms with Crippen LogP contribution in [-0.2, 0) is 22.6 Å². The predicted molar refractivity (Wildman–Crippen MR) is 93.1 cm³/mol. The summed E-state index contributed by atoms with van der Waals surface area (Å²) in [6, 6.07) is 13.0. The van der Waals surface area contributed by atoms with Gasteiger partial charge in [-0.2, -0.15) is 0 Å². The lowest BCUT2D eigenvalue weighted by atomic mass is 9.91. The van der Waals surface area contributed by atoms with Crippen LogP contribution < -0.4 is 5.32 Å². The van der Waals surface area contributed by atoms with Crippen molar-refractivity contribution < 1.29 is 14.0 Å². The van der Waals surface area contributed by atoms with Crippen molar-refractivity contribution in [1.82, 2.24) is 10.2 Å². The highest BCUT2D eigenvalue weighted by molar-refractivity contribution is 5.92. The fourth-order valence-electron chi connectivity index (χ4n) is 3.20. The number of nitrogens with one attached hydrogen (secondary N) is 1. The van der Waals surface area contributed by atoms with E-state index in [1.54, 1.807) is 17.0 Å². The van der Waals surface area contributed by atoms with Gasteiger partial charge >= 0.3 is 0 Å². The molecule has 0 saturated heterocycles. The average Bonchev–Trinajstić information content (AvgIpc) is 2.62. The summed E-state index contributed by atoms with van der Waals surface area (Å²) in [7, 11) is 0. The molecular weight excluding hydrogens is 319 g/mol. The lowest BCUT2D eigenvalue weighted by molar-refractivity contribution is -0.141. The van der Waals surface area contributed by atoms with Crippen molar-refractivity contribution in [2.24, 2.45) is 0 Å². The first-order valence-corrected chi connectivity index (χ1v) is 8.49. The third-order valence-electron chi connectivity index (χ3n) is 4.42. The van der Waals surface area contributed by atoms with Crippen LogP contribution in [0.2, 0.25) is 0 Å². The summed E-state index contributed by atoms with van der Waals surface area (Å²) in [4.78, 5) is 27.0. The molecule has 0 saturated carbocycles. The van der Waals surface area contributed by atoms with Crippen molar-refractivity contribution in [3.63, 3.8) is 0 Å². The summed E-state index contributed by atoms with van der Waals surface area (Å²) in [5, 5.41) is 2.88. The van der Waals surface area contributed by atoms with Crippen LogP contribution in [0.5, 0.6) is 0 Å². The Bertz CT molecular complexity index is 774. The van der Waals surface area contributed by atoms with E-state index >= 15 is 0 Å². The van der Waals surface area contributed by atoms with Crippen molar-refractivity contribution in [3.05, 3.63) is 71.0 Å². The highest BCUT2D eigenvalue weighted by atomic mass is 19.1. The van der Waals surface area contributed by atoms with Gasteiger partial charge in [0.1, 0.15) is 11.9 Å². The summed E-state index contributed by atoms with van der Waals surface area (Å²) in [5.41, 5.74) is 2.60. The number of benzene rings is 2. The van der Waals surface area contributed by atoms with Gasteiger partial charge in [0.15, 0.2) is 0 Å². The maximum atomic E-state index is 13.0. The van der Waals surface area contributed by atoms with Crippen LogP contribution in [-0.4, -0.2) is 23.3 Å². The molecule has 1 aliphatic rings. The van der Waals surface area contributed by atoms with Crippen LogP contribution in [0.1, 0.15) is 36.1 Å². The minimum atomic E-state index is -0.613. The number of nitrogens with zero attached hydrogens (tertiary/aromatic N) is 1. The highest BCUT2D eigenvalue weighted by Crippen LogP contribution is 2.30. The molecule has 0 spiro atoms. The van der Waals surface area contributed by atoms with Gasteiger partial charge in [0.25, 0.3) is 0 Å². The van der Waals surface area contributed by atoms with Gasteiger partial charge in [-0.1, -0.05) is 43.3 Å². The average molecular weight is 340 g/mol. The molecule has 0 aliphatic carbocycles. The second kappa shape index (κ2) is 7.47. The van der Waals surface area contributed by atoms with Crippen molar-refractivity contribution >= 4 is 11.8 Å². The lowest BCUT2D eigenvalue weighted by Crippen LogP contribution is -2.47. The Labute approximate surface area is 146 Å². The minimum absolute atomic E-state index is 0.0255. The summed E-state index contributed by atoms with van der Waals surface area (Å²) >= 11 is 0. The Hall–Kier alpha value is -2.69. The van der Waals surface area contributed by atoms with Gasteiger partial charge in [0, 0.05) is 13.1 Å². The SMILES string of the molecule is CCCN1C(=O)Cc2ccccc2[C@@H]1C(=O)NCc1ccc(F)cc1. The molecule has 0 unspecified atom stereocenters. The molecule has 1 aliphatic heterocycles. The Morgan fingerprint density at radius 3 is 2.64 bits per heavy atom. The molecule has 1 heterocycles. The van der Waals surface area contributed by atoms with Gasteiger partial charge in [-0.25, -0.2) is 4.39 Å². The maximum Gasteiger partial charge on any atom is 0.247 e. The number of fused-ring (bicyclic) bond motifs is 1. The molecule has 3 rings (SSSR count). The number of hydrogen-bond acceptors (Lipinski definition) is 2. The third-order valence-corrected chi connectivity index (χ3v) is 4.42.